The van der Waals surface area contributed by atoms with Crippen LogP contribution in [0.4, 0.5) is 0 Å². The standard InChI is InChI=1S/C10H12O2/c1-6-4-5-7(2)10-9(6)11-8(3)12-10/h4-5,8H,1-3H3. The summed E-state index contributed by atoms with van der Waals surface area (Å²) >= 11 is 0. The first-order valence-electron chi connectivity index (χ1n) is 4.12. The molecule has 1 heterocycles. The van der Waals surface area contributed by atoms with Crippen molar-refractivity contribution in [2.24, 2.45) is 0 Å². The van der Waals surface area contributed by atoms with Gasteiger partial charge in [-0.15, -0.1) is 0 Å². The maximum Gasteiger partial charge on any atom is 0.238 e. The number of benzene rings is 1. The maximum atomic E-state index is 5.50. The number of rotatable bonds is 0. The average Bonchev–Trinajstić information content (AvgIpc) is 2.41. The van der Waals surface area contributed by atoms with E-state index in [2.05, 4.69) is 12.1 Å². The summed E-state index contributed by atoms with van der Waals surface area (Å²) in [5.74, 6) is 1.81. The van der Waals surface area contributed by atoms with E-state index in [0.717, 1.165) is 22.6 Å². The highest BCUT2D eigenvalue weighted by atomic mass is 16.7. The molecule has 0 spiro atoms. The highest BCUT2D eigenvalue weighted by Gasteiger charge is 2.23. The van der Waals surface area contributed by atoms with Gasteiger partial charge in [0.2, 0.25) is 6.29 Å². The van der Waals surface area contributed by atoms with Gasteiger partial charge in [0.25, 0.3) is 0 Å². The first-order valence-corrected chi connectivity index (χ1v) is 4.12. The van der Waals surface area contributed by atoms with E-state index in [1.807, 2.05) is 20.8 Å². The molecule has 0 aromatic heterocycles. The smallest absolute Gasteiger partial charge is 0.238 e. The Balaban J connectivity index is 2.56. The molecule has 1 aromatic rings. The van der Waals surface area contributed by atoms with E-state index in [1.54, 1.807) is 0 Å². The topological polar surface area (TPSA) is 18.5 Å². The Kier molecular flexibility index (Phi) is 1.50. The first-order chi connectivity index (χ1) is 5.68. The average molecular weight is 164 g/mol. The van der Waals surface area contributed by atoms with Crippen molar-refractivity contribution in [1.82, 2.24) is 0 Å². The normalized spacial score (nSPS) is 15.2. The van der Waals surface area contributed by atoms with Crippen LogP contribution in [-0.4, -0.2) is 6.29 Å². The van der Waals surface area contributed by atoms with Crippen LogP contribution in [0.15, 0.2) is 12.1 Å². The van der Waals surface area contributed by atoms with Crippen molar-refractivity contribution >= 4 is 0 Å². The van der Waals surface area contributed by atoms with E-state index in [9.17, 15) is 0 Å². The van der Waals surface area contributed by atoms with Gasteiger partial charge in [-0.05, 0) is 25.0 Å². The van der Waals surface area contributed by atoms with Gasteiger partial charge in [-0.1, -0.05) is 12.1 Å². The summed E-state index contributed by atoms with van der Waals surface area (Å²) in [4.78, 5) is 0. The minimum atomic E-state index is -0.139. The van der Waals surface area contributed by atoms with Gasteiger partial charge in [0.1, 0.15) is 0 Å². The molecule has 12 heavy (non-hydrogen) atoms. The summed E-state index contributed by atoms with van der Waals surface area (Å²) in [5.41, 5.74) is 2.28. The predicted molar refractivity (Wildman–Crippen MR) is 46.6 cm³/mol. The fourth-order valence-electron chi connectivity index (χ4n) is 1.41. The predicted octanol–water partition coefficient (Wildman–Crippen LogP) is 2.42. The van der Waals surface area contributed by atoms with Gasteiger partial charge in [0.15, 0.2) is 11.5 Å². The van der Waals surface area contributed by atoms with Crippen LogP contribution >= 0.6 is 0 Å². The van der Waals surface area contributed by atoms with Crippen LogP contribution in [0.3, 0.4) is 0 Å². The lowest BCUT2D eigenvalue weighted by molar-refractivity contribution is 0.0671. The largest absolute Gasteiger partial charge is 0.451 e. The van der Waals surface area contributed by atoms with Crippen LogP contribution in [0.2, 0.25) is 0 Å². The van der Waals surface area contributed by atoms with Crippen molar-refractivity contribution in [2.45, 2.75) is 27.1 Å². The monoisotopic (exact) mass is 164 g/mol. The third kappa shape index (κ3) is 0.951. The summed E-state index contributed by atoms with van der Waals surface area (Å²) in [6.07, 6.45) is -0.139. The second-order valence-corrected chi connectivity index (χ2v) is 3.16. The molecule has 2 nitrogen and oxygen atoms in total. The SMILES string of the molecule is Cc1ccc(C)c2c1OC(C)O2. The first kappa shape index (κ1) is 7.47. The third-order valence-electron chi connectivity index (χ3n) is 2.07. The van der Waals surface area contributed by atoms with Crippen molar-refractivity contribution in [3.8, 4) is 11.5 Å². The summed E-state index contributed by atoms with van der Waals surface area (Å²) in [5, 5.41) is 0. The van der Waals surface area contributed by atoms with Crippen LogP contribution in [0.1, 0.15) is 18.1 Å². The van der Waals surface area contributed by atoms with Crippen LogP contribution in [0.25, 0.3) is 0 Å². The van der Waals surface area contributed by atoms with Crippen molar-refractivity contribution < 1.29 is 9.47 Å². The van der Waals surface area contributed by atoms with Crippen LogP contribution in [0.5, 0.6) is 11.5 Å². The Morgan fingerprint density at radius 3 is 1.83 bits per heavy atom. The Morgan fingerprint density at radius 2 is 1.42 bits per heavy atom. The molecular weight excluding hydrogens is 152 g/mol. The molecule has 0 fully saturated rings. The molecule has 0 aliphatic carbocycles. The summed E-state index contributed by atoms with van der Waals surface area (Å²) in [7, 11) is 0. The molecular formula is C10H12O2. The minimum absolute atomic E-state index is 0.139. The Hall–Kier alpha value is -1.18. The van der Waals surface area contributed by atoms with E-state index < -0.39 is 0 Å². The van der Waals surface area contributed by atoms with E-state index in [4.69, 9.17) is 9.47 Å². The molecule has 1 aromatic carbocycles. The molecule has 0 saturated heterocycles. The highest BCUT2D eigenvalue weighted by Crippen LogP contribution is 2.39. The molecule has 0 saturated carbocycles. The number of hydrogen-bond acceptors (Lipinski definition) is 2. The van der Waals surface area contributed by atoms with Gasteiger partial charge in [0.05, 0.1) is 0 Å². The van der Waals surface area contributed by atoms with Crippen molar-refractivity contribution in [3.63, 3.8) is 0 Å². The van der Waals surface area contributed by atoms with Gasteiger partial charge in [-0.3, -0.25) is 0 Å². The molecule has 0 amide bonds. The lowest BCUT2D eigenvalue weighted by Crippen LogP contribution is -2.11. The maximum absolute atomic E-state index is 5.50. The number of hydrogen-bond donors (Lipinski definition) is 0. The zero-order valence-corrected chi connectivity index (χ0v) is 7.55. The molecule has 0 atom stereocenters. The molecule has 1 aliphatic heterocycles. The van der Waals surface area contributed by atoms with Crippen LogP contribution in [0, 0.1) is 13.8 Å². The number of ether oxygens (including phenoxy) is 2. The van der Waals surface area contributed by atoms with Gasteiger partial charge in [0, 0.05) is 6.92 Å². The van der Waals surface area contributed by atoms with Crippen molar-refractivity contribution in [1.29, 1.82) is 0 Å². The zero-order valence-electron chi connectivity index (χ0n) is 7.55. The number of aryl methyl sites for hydroxylation is 2. The molecule has 0 bridgehead atoms. The van der Waals surface area contributed by atoms with Gasteiger partial charge >= 0.3 is 0 Å². The van der Waals surface area contributed by atoms with Gasteiger partial charge in [-0.25, -0.2) is 0 Å². The summed E-state index contributed by atoms with van der Waals surface area (Å²) in [6, 6.07) is 4.10. The van der Waals surface area contributed by atoms with Crippen LogP contribution < -0.4 is 9.47 Å². The van der Waals surface area contributed by atoms with E-state index in [1.165, 1.54) is 0 Å². The molecule has 2 heteroatoms. The molecule has 0 unspecified atom stereocenters. The van der Waals surface area contributed by atoms with Gasteiger partial charge < -0.3 is 9.47 Å². The fraction of sp³-hybridized carbons (Fsp3) is 0.400. The second-order valence-electron chi connectivity index (χ2n) is 3.16. The van der Waals surface area contributed by atoms with E-state index >= 15 is 0 Å². The molecule has 0 radical (unpaired) electrons. The quantitative estimate of drug-likeness (QED) is 0.586. The third-order valence-corrected chi connectivity index (χ3v) is 2.07. The Bertz CT molecular complexity index is 287. The van der Waals surface area contributed by atoms with Crippen LogP contribution in [-0.2, 0) is 0 Å². The summed E-state index contributed by atoms with van der Waals surface area (Å²) < 4.78 is 11.0. The Labute approximate surface area is 72.1 Å². The second kappa shape index (κ2) is 2.41. The van der Waals surface area contributed by atoms with E-state index in [-0.39, 0.29) is 6.29 Å². The fourth-order valence-corrected chi connectivity index (χ4v) is 1.41. The molecule has 64 valence electrons. The molecule has 2 rings (SSSR count). The molecule has 0 N–H and O–H groups in total. The summed E-state index contributed by atoms with van der Waals surface area (Å²) in [6.45, 7) is 5.96. The number of fused-ring (bicyclic) bond motifs is 1. The van der Waals surface area contributed by atoms with Crippen molar-refractivity contribution in [3.05, 3.63) is 23.3 Å². The lowest BCUT2D eigenvalue weighted by Gasteiger charge is -2.01. The highest BCUT2D eigenvalue weighted by molar-refractivity contribution is 5.52. The Morgan fingerprint density at radius 1 is 1.00 bits per heavy atom. The van der Waals surface area contributed by atoms with E-state index in [0.29, 0.717) is 0 Å². The zero-order chi connectivity index (χ0) is 8.72. The minimum Gasteiger partial charge on any atom is -0.451 e. The molecule has 1 aliphatic rings. The van der Waals surface area contributed by atoms with Gasteiger partial charge in [-0.2, -0.15) is 0 Å². The van der Waals surface area contributed by atoms with Crippen molar-refractivity contribution in [2.75, 3.05) is 0 Å². The lowest BCUT2D eigenvalue weighted by atomic mass is 10.1.